The largest absolute Gasteiger partial charge is 0.484 e. The molecule has 2 aliphatic rings. The number of amides is 1. The van der Waals surface area contributed by atoms with Gasteiger partial charge in [-0.2, -0.15) is 0 Å². The summed E-state index contributed by atoms with van der Waals surface area (Å²) in [5.74, 6) is -1.30. The highest BCUT2D eigenvalue weighted by Gasteiger charge is 2.45. The number of methoxy groups -OCH3 is 1. The fraction of sp³-hybridized carbons (Fsp3) is 0.323. The summed E-state index contributed by atoms with van der Waals surface area (Å²) < 4.78 is 24.1. The van der Waals surface area contributed by atoms with Crippen LogP contribution in [0.3, 0.4) is 0 Å². The number of hydrogen-bond donors (Lipinski definition) is 2. The van der Waals surface area contributed by atoms with E-state index in [0.29, 0.717) is 28.3 Å². The number of rotatable bonds is 9. The van der Waals surface area contributed by atoms with Crippen LogP contribution in [0.25, 0.3) is 22.3 Å². The Labute approximate surface area is 250 Å². The molecule has 0 aliphatic carbocycles. The van der Waals surface area contributed by atoms with E-state index in [2.05, 4.69) is 5.32 Å². The molecule has 3 aromatic heterocycles. The van der Waals surface area contributed by atoms with Crippen molar-refractivity contribution in [2.45, 2.75) is 45.8 Å². The molecule has 2 N–H and O–H groups in total. The second-order valence-corrected chi connectivity index (χ2v) is 10.5. The van der Waals surface area contributed by atoms with Gasteiger partial charge >= 0.3 is 11.9 Å². The lowest BCUT2D eigenvalue weighted by Crippen LogP contribution is -2.44. The third kappa shape index (κ3) is 4.89. The van der Waals surface area contributed by atoms with Crippen molar-refractivity contribution in [3.05, 3.63) is 75.3 Å². The van der Waals surface area contributed by atoms with Gasteiger partial charge in [0.05, 0.1) is 41.3 Å². The van der Waals surface area contributed by atoms with E-state index in [9.17, 15) is 24.3 Å². The van der Waals surface area contributed by atoms with Crippen LogP contribution in [0.5, 0.6) is 5.75 Å². The van der Waals surface area contributed by atoms with E-state index < -0.39 is 23.4 Å². The van der Waals surface area contributed by atoms with Crippen molar-refractivity contribution < 1.29 is 38.4 Å². The summed E-state index contributed by atoms with van der Waals surface area (Å²) in [6.45, 7) is 3.46. The van der Waals surface area contributed by atoms with Gasteiger partial charge in [-0.25, -0.2) is 14.6 Å². The number of cyclic esters (lactones) is 1. The number of benzene rings is 1. The molecule has 0 saturated heterocycles. The predicted octanol–water partition coefficient (Wildman–Crippen LogP) is 2.68. The third-order valence-electron chi connectivity index (χ3n) is 7.78. The topological polar surface area (TPSA) is 160 Å². The normalized spacial score (nSPS) is 16.6. The van der Waals surface area contributed by atoms with E-state index >= 15 is 0 Å². The molecule has 1 aromatic carbocycles. The lowest BCUT2D eigenvalue weighted by atomic mass is 9.86. The molecule has 0 saturated carbocycles. The highest BCUT2D eigenvalue weighted by Crippen LogP contribution is 2.38. The first-order valence-electron chi connectivity index (χ1n) is 14.1. The Bertz CT molecular complexity index is 1890. The molecule has 1 amide bonds. The molecule has 4 aromatic rings. The van der Waals surface area contributed by atoms with Crippen LogP contribution in [0.2, 0.25) is 0 Å². The first-order chi connectivity index (χ1) is 21.2. The molecule has 1 unspecified atom stereocenters. The number of anilines is 1. The number of hydrogen-bond acceptors (Lipinski definition) is 10. The van der Waals surface area contributed by atoms with Gasteiger partial charge in [-0.15, -0.1) is 0 Å². The summed E-state index contributed by atoms with van der Waals surface area (Å²) in [5, 5.41) is 14.5. The molecule has 5 heterocycles. The lowest BCUT2D eigenvalue weighted by Gasteiger charge is -2.31. The van der Waals surface area contributed by atoms with Crippen LogP contribution in [0.4, 0.5) is 5.69 Å². The lowest BCUT2D eigenvalue weighted by molar-refractivity contribution is -0.172. The van der Waals surface area contributed by atoms with Crippen LogP contribution >= 0.6 is 0 Å². The van der Waals surface area contributed by atoms with Gasteiger partial charge in [-0.3, -0.25) is 9.59 Å². The van der Waals surface area contributed by atoms with Crippen molar-refractivity contribution in [2.75, 3.05) is 25.6 Å². The van der Waals surface area contributed by atoms with E-state index in [4.69, 9.17) is 23.9 Å². The monoisotopic (exact) mass is 602 g/mol. The number of ether oxygens (including phenoxy) is 4. The van der Waals surface area contributed by atoms with E-state index in [0.717, 1.165) is 10.9 Å². The van der Waals surface area contributed by atoms with Crippen molar-refractivity contribution in [1.82, 2.24) is 14.1 Å². The zero-order valence-corrected chi connectivity index (χ0v) is 24.3. The van der Waals surface area contributed by atoms with Gasteiger partial charge in [0, 0.05) is 29.8 Å². The first kappa shape index (κ1) is 29.1. The first-order valence-corrected chi connectivity index (χ1v) is 14.1. The number of carbonyl (C=O) groups is 3. The number of esters is 2. The Hall–Kier alpha value is -5.01. The summed E-state index contributed by atoms with van der Waals surface area (Å²) in [4.78, 5) is 55.4. The fourth-order valence-electron chi connectivity index (χ4n) is 5.60. The van der Waals surface area contributed by atoms with Gasteiger partial charge in [0.2, 0.25) is 0 Å². The fourth-order valence-corrected chi connectivity index (χ4v) is 5.60. The number of aliphatic hydroxyl groups is 1. The summed E-state index contributed by atoms with van der Waals surface area (Å²) in [6.07, 6.45) is 1.64. The number of pyridine rings is 2. The second kappa shape index (κ2) is 11.2. The Morgan fingerprint density at radius 2 is 1.98 bits per heavy atom. The van der Waals surface area contributed by atoms with Crippen molar-refractivity contribution in [1.29, 1.82) is 0 Å². The summed E-state index contributed by atoms with van der Waals surface area (Å²) in [7, 11) is 1.49. The average molecular weight is 603 g/mol. The molecule has 44 heavy (non-hydrogen) atoms. The van der Waals surface area contributed by atoms with Crippen LogP contribution in [0, 0.1) is 0 Å². The zero-order valence-electron chi connectivity index (χ0n) is 24.3. The number of nitrogens with one attached hydrogen (secondary N) is 1. The van der Waals surface area contributed by atoms with Crippen LogP contribution in [-0.4, -0.2) is 57.4 Å². The Kier molecular flexibility index (Phi) is 7.43. The Balaban J connectivity index is 1.20. The minimum Gasteiger partial charge on any atom is -0.484 e. The highest BCUT2D eigenvalue weighted by atomic mass is 16.6. The van der Waals surface area contributed by atoms with E-state index in [1.807, 2.05) is 6.07 Å². The van der Waals surface area contributed by atoms with Gasteiger partial charge in [-0.1, -0.05) is 6.92 Å². The van der Waals surface area contributed by atoms with Crippen molar-refractivity contribution in [2.24, 2.45) is 0 Å². The summed E-state index contributed by atoms with van der Waals surface area (Å²) in [5.41, 5.74) is 1.47. The smallest absolute Gasteiger partial charge is 0.355 e. The minimum absolute atomic E-state index is 0.0652. The molecule has 13 heteroatoms. The van der Waals surface area contributed by atoms with Crippen LogP contribution < -0.4 is 15.6 Å². The highest BCUT2D eigenvalue weighted by molar-refractivity contribution is 5.95. The van der Waals surface area contributed by atoms with Crippen LogP contribution in [0.1, 0.15) is 47.4 Å². The molecule has 0 radical (unpaired) electrons. The molecule has 13 nitrogen and oxygen atoms in total. The third-order valence-corrected chi connectivity index (χ3v) is 7.78. The quantitative estimate of drug-likeness (QED) is 0.240. The Morgan fingerprint density at radius 1 is 1.16 bits per heavy atom. The van der Waals surface area contributed by atoms with E-state index in [-0.39, 0.29) is 61.9 Å². The maximum atomic E-state index is 13.4. The van der Waals surface area contributed by atoms with Crippen molar-refractivity contribution in [3.8, 4) is 17.1 Å². The Morgan fingerprint density at radius 3 is 2.73 bits per heavy atom. The van der Waals surface area contributed by atoms with E-state index in [1.165, 1.54) is 17.7 Å². The SMILES string of the molecule is CCOC(=O)c1cc(NC(=O)COc2ccc3nc4c(cc3c2)Cn2c-4cc3c(c2=O)COC(=O)C3(O)CC)cn1COC. The molecule has 0 bridgehead atoms. The number of aromatic nitrogens is 3. The molecule has 1 atom stereocenters. The van der Waals surface area contributed by atoms with Gasteiger partial charge in [-0.05, 0) is 49.7 Å². The maximum Gasteiger partial charge on any atom is 0.355 e. The van der Waals surface area contributed by atoms with Gasteiger partial charge in [0.25, 0.3) is 11.5 Å². The molecular weight excluding hydrogens is 572 g/mol. The summed E-state index contributed by atoms with van der Waals surface area (Å²) >= 11 is 0. The van der Waals surface area contributed by atoms with Gasteiger partial charge in [0.1, 0.15) is 24.8 Å². The van der Waals surface area contributed by atoms with Gasteiger partial charge in [0.15, 0.2) is 12.2 Å². The van der Waals surface area contributed by atoms with Crippen LogP contribution in [0.15, 0.2) is 47.4 Å². The molecule has 0 spiro atoms. The number of nitrogens with zero attached hydrogens (tertiary/aromatic N) is 3. The van der Waals surface area contributed by atoms with Gasteiger partial charge < -0.3 is 38.5 Å². The summed E-state index contributed by atoms with van der Waals surface area (Å²) in [6, 6.07) is 10.3. The molecular formula is C31H30N4O9. The zero-order chi connectivity index (χ0) is 31.2. The van der Waals surface area contributed by atoms with Crippen molar-refractivity contribution in [3.63, 3.8) is 0 Å². The van der Waals surface area contributed by atoms with E-state index in [1.54, 1.807) is 48.9 Å². The maximum absolute atomic E-state index is 13.4. The standard InChI is InChI=1S/C31H30N4O9/c1-4-31(40)22-11-24-27-18(12-35(24)28(37)21(22)14-44-30(31)39)8-17-9-20(6-7-23(17)33-27)43-15-26(36)32-19-10-25(29(38)42-5-2)34(13-19)16-41-3/h6-11,13,40H,4-5,12,14-16H2,1-3H3,(H,32,36). The molecule has 2 aliphatic heterocycles. The number of carbonyl (C=O) groups excluding carboxylic acids is 3. The second-order valence-electron chi connectivity index (χ2n) is 10.5. The molecule has 6 rings (SSSR count). The van der Waals surface area contributed by atoms with Crippen LogP contribution in [-0.2, 0) is 49.3 Å². The molecule has 0 fully saturated rings. The van der Waals surface area contributed by atoms with Crippen molar-refractivity contribution >= 4 is 34.4 Å². The minimum atomic E-state index is -1.89. The number of fused-ring (bicyclic) bond motifs is 5. The molecule has 228 valence electrons. The average Bonchev–Trinajstić information content (AvgIpc) is 3.58. The predicted molar refractivity (Wildman–Crippen MR) is 156 cm³/mol.